The summed E-state index contributed by atoms with van der Waals surface area (Å²) < 4.78 is 32.4. The zero-order valence-corrected chi connectivity index (χ0v) is 9.07. The Kier molecular flexibility index (Phi) is 3.24. The van der Waals surface area contributed by atoms with Gasteiger partial charge in [0.25, 0.3) is 0 Å². The van der Waals surface area contributed by atoms with Crippen molar-refractivity contribution in [2.24, 2.45) is 0 Å². The molecule has 14 heavy (non-hydrogen) atoms. The van der Waals surface area contributed by atoms with Crippen molar-refractivity contribution in [3.63, 3.8) is 0 Å². The summed E-state index contributed by atoms with van der Waals surface area (Å²) in [6.45, 7) is 3.93. The van der Waals surface area contributed by atoms with E-state index in [4.69, 9.17) is 18.5 Å². The van der Waals surface area contributed by atoms with Crippen LogP contribution in [0.4, 0.5) is 0 Å². The van der Waals surface area contributed by atoms with Crippen molar-refractivity contribution in [3.05, 3.63) is 0 Å². The molecular formula is C8H15O5P. The molecule has 0 N–H and O–H groups in total. The van der Waals surface area contributed by atoms with E-state index in [0.717, 1.165) is 0 Å². The van der Waals surface area contributed by atoms with E-state index in [2.05, 4.69) is 0 Å². The van der Waals surface area contributed by atoms with Crippen LogP contribution in [0.2, 0.25) is 0 Å². The summed E-state index contributed by atoms with van der Waals surface area (Å²) in [5.74, 6) is 0. The van der Waals surface area contributed by atoms with Crippen LogP contribution in [-0.4, -0.2) is 44.8 Å². The predicted molar refractivity (Wildman–Crippen MR) is 49.5 cm³/mol. The standard InChI is InChI=1S/C8H15O5P/c1-2-12-14(9,6-8-4-11-8)13-5-7-3-10-7/h7-8H,2-6H2,1H3. The zero-order chi connectivity index (χ0) is 10.0. The minimum Gasteiger partial charge on any atom is -0.372 e. The van der Waals surface area contributed by atoms with Crippen LogP contribution < -0.4 is 0 Å². The summed E-state index contributed by atoms with van der Waals surface area (Å²) >= 11 is 0. The third kappa shape index (κ3) is 3.33. The molecule has 2 saturated heterocycles. The van der Waals surface area contributed by atoms with Crippen molar-refractivity contribution >= 4 is 7.60 Å². The molecule has 3 unspecified atom stereocenters. The minimum absolute atomic E-state index is 0.0625. The van der Waals surface area contributed by atoms with Gasteiger partial charge in [0.2, 0.25) is 0 Å². The van der Waals surface area contributed by atoms with Gasteiger partial charge in [0.1, 0.15) is 6.10 Å². The first kappa shape index (κ1) is 10.6. The average molecular weight is 222 g/mol. The summed E-state index contributed by atoms with van der Waals surface area (Å²) in [5.41, 5.74) is 0. The van der Waals surface area contributed by atoms with E-state index in [-0.39, 0.29) is 12.2 Å². The van der Waals surface area contributed by atoms with Crippen LogP contribution in [0.5, 0.6) is 0 Å². The highest BCUT2D eigenvalue weighted by Gasteiger charge is 2.37. The monoisotopic (exact) mass is 222 g/mol. The molecule has 2 rings (SSSR count). The number of ether oxygens (including phenoxy) is 2. The maximum absolute atomic E-state index is 12.0. The van der Waals surface area contributed by atoms with Crippen molar-refractivity contribution in [1.29, 1.82) is 0 Å². The van der Waals surface area contributed by atoms with Crippen molar-refractivity contribution in [3.8, 4) is 0 Å². The molecule has 2 fully saturated rings. The first-order valence-corrected chi connectivity index (χ1v) is 6.56. The Morgan fingerprint density at radius 3 is 2.43 bits per heavy atom. The smallest absolute Gasteiger partial charge is 0.333 e. The van der Waals surface area contributed by atoms with Crippen LogP contribution in [0.15, 0.2) is 0 Å². The molecule has 5 nitrogen and oxygen atoms in total. The normalized spacial score (nSPS) is 33.8. The highest BCUT2D eigenvalue weighted by Crippen LogP contribution is 2.50. The van der Waals surface area contributed by atoms with Crippen LogP contribution in [0, 0.1) is 0 Å². The fraction of sp³-hybridized carbons (Fsp3) is 1.00. The summed E-state index contributed by atoms with van der Waals surface area (Å²) in [6.07, 6.45) is 0.546. The average Bonchev–Trinajstić information content (AvgIpc) is 2.97. The van der Waals surface area contributed by atoms with Gasteiger partial charge in [-0.3, -0.25) is 4.57 Å². The van der Waals surface area contributed by atoms with E-state index >= 15 is 0 Å². The van der Waals surface area contributed by atoms with Gasteiger partial charge in [0.05, 0.1) is 38.7 Å². The lowest BCUT2D eigenvalue weighted by Crippen LogP contribution is -2.08. The van der Waals surface area contributed by atoms with Gasteiger partial charge >= 0.3 is 7.60 Å². The second-order valence-electron chi connectivity index (χ2n) is 3.42. The largest absolute Gasteiger partial charge is 0.372 e. The second-order valence-corrected chi connectivity index (χ2v) is 5.52. The molecule has 0 spiro atoms. The molecule has 0 aromatic carbocycles. The third-order valence-corrected chi connectivity index (χ3v) is 4.06. The van der Waals surface area contributed by atoms with Gasteiger partial charge in [-0.1, -0.05) is 0 Å². The fourth-order valence-electron chi connectivity index (χ4n) is 1.12. The lowest BCUT2D eigenvalue weighted by molar-refractivity contribution is 0.192. The predicted octanol–water partition coefficient (Wildman–Crippen LogP) is 1.03. The molecule has 0 aromatic rings. The Morgan fingerprint density at radius 1 is 1.29 bits per heavy atom. The van der Waals surface area contributed by atoms with Gasteiger partial charge in [0, 0.05) is 0 Å². The molecule has 0 aromatic heterocycles. The molecule has 0 aliphatic carbocycles. The lowest BCUT2D eigenvalue weighted by Gasteiger charge is -2.15. The van der Waals surface area contributed by atoms with Gasteiger partial charge in [-0.15, -0.1) is 0 Å². The summed E-state index contributed by atoms with van der Waals surface area (Å²) in [5, 5.41) is 0. The zero-order valence-electron chi connectivity index (χ0n) is 8.18. The van der Waals surface area contributed by atoms with Crippen LogP contribution in [0.3, 0.4) is 0 Å². The highest BCUT2D eigenvalue weighted by atomic mass is 31.2. The molecule has 0 radical (unpaired) electrons. The van der Waals surface area contributed by atoms with Crippen molar-refractivity contribution in [1.82, 2.24) is 0 Å². The van der Waals surface area contributed by atoms with Crippen LogP contribution in [-0.2, 0) is 23.1 Å². The SMILES string of the molecule is CCOP(=O)(CC1CO1)OCC1CO1. The molecule has 82 valence electrons. The molecule has 3 atom stereocenters. The molecule has 2 heterocycles. The molecule has 0 amide bonds. The fourth-order valence-corrected chi connectivity index (χ4v) is 2.90. The van der Waals surface area contributed by atoms with Gasteiger partial charge in [-0.05, 0) is 6.92 Å². The van der Waals surface area contributed by atoms with E-state index in [1.807, 2.05) is 0 Å². The van der Waals surface area contributed by atoms with E-state index in [1.54, 1.807) is 6.92 Å². The van der Waals surface area contributed by atoms with Crippen LogP contribution in [0.1, 0.15) is 6.92 Å². The maximum Gasteiger partial charge on any atom is 0.333 e. The lowest BCUT2D eigenvalue weighted by atomic mass is 10.5. The quantitative estimate of drug-likeness (QED) is 0.475. The Labute approximate surface area is 83.2 Å². The van der Waals surface area contributed by atoms with E-state index in [0.29, 0.717) is 32.6 Å². The van der Waals surface area contributed by atoms with E-state index in [1.165, 1.54) is 0 Å². The Bertz CT molecular complexity index is 236. The summed E-state index contributed by atoms with van der Waals surface area (Å²) in [7, 11) is -2.93. The van der Waals surface area contributed by atoms with Crippen molar-refractivity contribution in [2.45, 2.75) is 19.1 Å². The highest BCUT2D eigenvalue weighted by molar-refractivity contribution is 7.53. The summed E-state index contributed by atoms with van der Waals surface area (Å²) in [6, 6.07) is 0. The van der Waals surface area contributed by atoms with Crippen molar-refractivity contribution < 1.29 is 23.1 Å². The van der Waals surface area contributed by atoms with Gasteiger partial charge in [0.15, 0.2) is 0 Å². The first-order chi connectivity index (χ1) is 6.72. The van der Waals surface area contributed by atoms with Gasteiger partial charge in [-0.2, -0.15) is 0 Å². The van der Waals surface area contributed by atoms with E-state index < -0.39 is 7.60 Å². The number of rotatable bonds is 7. The Morgan fingerprint density at radius 2 is 1.93 bits per heavy atom. The van der Waals surface area contributed by atoms with Gasteiger partial charge < -0.3 is 18.5 Å². The molecule has 2 aliphatic heterocycles. The topological polar surface area (TPSA) is 60.6 Å². The maximum atomic E-state index is 12.0. The number of epoxide rings is 2. The second kappa shape index (κ2) is 4.29. The summed E-state index contributed by atoms with van der Waals surface area (Å²) in [4.78, 5) is 0. The molecule has 0 bridgehead atoms. The Hall–Kier alpha value is 0.0700. The molecular weight excluding hydrogens is 207 g/mol. The molecule has 2 aliphatic rings. The van der Waals surface area contributed by atoms with Gasteiger partial charge in [-0.25, -0.2) is 0 Å². The van der Waals surface area contributed by atoms with Crippen LogP contribution >= 0.6 is 7.60 Å². The third-order valence-electron chi connectivity index (χ3n) is 2.01. The number of hydrogen-bond acceptors (Lipinski definition) is 5. The number of hydrogen-bond donors (Lipinski definition) is 0. The minimum atomic E-state index is -2.93. The van der Waals surface area contributed by atoms with Crippen LogP contribution in [0.25, 0.3) is 0 Å². The van der Waals surface area contributed by atoms with E-state index in [9.17, 15) is 4.57 Å². The Balaban J connectivity index is 1.78. The molecule has 6 heteroatoms. The van der Waals surface area contributed by atoms with Crippen molar-refractivity contribution in [2.75, 3.05) is 32.6 Å². The first-order valence-electron chi connectivity index (χ1n) is 4.83. The molecule has 0 saturated carbocycles.